The molecule has 3 aliphatic heterocycles. The van der Waals surface area contributed by atoms with Gasteiger partial charge in [-0.15, -0.1) is 0 Å². The smallest absolute Gasteiger partial charge is 0.333 e. The summed E-state index contributed by atoms with van der Waals surface area (Å²) in [5.41, 5.74) is -0.134. The molecule has 3 saturated heterocycles. The minimum atomic E-state index is -2.92. The number of benzene rings is 1. The predicted octanol–water partition coefficient (Wildman–Crippen LogP) is 2.46. The Hall–Kier alpha value is -2.66. The monoisotopic (exact) mass is 492 g/mol. The van der Waals surface area contributed by atoms with E-state index >= 15 is 0 Å². The second-order valence-corrected chi connectivity index (χ2v) is 9.84. The Morgan fingerprint density at radius 3 is 2.40 bits per heavy atom. The first-order chi connectivity index (χ1) is 16.8. The van der Waals surface area contributed by atoms with E-state index in [0.717, 1.165) is 77.1 Å². The van der Waals surface area contributed by atoms with Gasteiger partial charge >= 0.3 is 6.55 Å². The Labute approximate surface area is 202 Å². The first-order valence-corrected chi connectivity index (χ1v) is 12.3. The fourth-order valence-electron chi connectivity index (χ4n) is 5.98. The average molecular weight is 493 g/mol. The fourth-order valence-corrected chi connectivity index (χ4v) is 5.98. The maximum absolute atomic E-state index is 13.8. The second-order valence-electron chi connectivity index (χ2n) is 9.84. The molecular formula is C24H31F3N6O2. The highest BCUT2D eigenvalue weighted by molar-refractivity contribution is 6.05. The topological polar surface area (TPSA) is 73.7 Å². The van der Waals surface area contributed by atoms with Gasteiger partial charge in [0.15, 0.2) is 5.69 Å². The number of piperazine rings is 1. The summed E-state index contributed by atoms with van der Waals surface area (Å²) < 4.78 is 41.0. The lowest BCUT2D eigenvalue weighted by Crippen LogP contribution is -2.54. The largest absolute Gasteiger partial charge is 0.348 e. The molecule has 11 heteroatoms. The highest BCUT2D eigenvalue weighted by Gasteiger charge is 2.41. The number of nitrogens with zero attached hydrogens (tertiary/aromatic N) is 5. The van der Waals surface area contributed by atoms with Crippen LogP contribution in [0.5, 0.6) is 0 Å². The summed E-state index contributed by atoms with van der Waals surface area (Å²) in [6, 6.07) is 4.05. The van der Waals surface area contributed by atoms with Crippen molar-refractivity contribution in [2.45, 2.75) is 57.3 Å². The van der Waals surface area contributed by atoms with Crippen LogP contribution in [-0.2, 0) is 4.79 Å². The molecule has 0 saturated carbocycles. The zero-order valence-corrected chi connectivity index (χ0v) is 19.8. The van der Waals surface area contributed by atoms with Crippen LogP contribution in [0.2, 0.25) is 0 Å². The van der Waals surface area contributed by atoms with E-state index in [1.807, 2.05) is 4.90 Å². The predicted molar refractivity (Wildman–Crippen MR) is 124 cm³/mol. The van der Waals surface area contributed by atoms with Gasteiger partial charge in [0.1, 0.15) is 5.82 Å². The van der Waals surface area contributed by atoms with Crippen molar-refractivity contribution in [1.82, 2.24) is 29.8 Å². The lowest BCUT2D eigenvalue weighted by Gasteiger charge is -2.41. The van der Waals surface area contributed by atoms with Crippen molar-refractivity contribution in [2.75, 3.05) is 39.3 Å². The molecule has 2 bridgehead atoms. The van der Waals surface area contributed by atoms with Crippen LogP contribution in [0, 0.1) is 5.82 Å². The Balaban J connectivity index is 1.19. The van der Waals surface area contributed by atoms with Crippen LogP contribution < -0.4 is 5.32 Å². The van der Waals surface area contributed by atoms with Crippen molar-refractivity contribution in [2.24, 2.45) is 0 Å². The molecule has 190 valence electrons. The molecule has 1 N–H and O–H groups in total. The molecule has 4 heterocycles. The molecule has 35 heavy (non-hydrogen) atoms. The summed E-state index contributed by atoms with van der Waals surface area (Å²) in [4.78, 5) is 31.3. The summed E-state index contributed by atoms with van der Waals surface area (Å²) in [6.07, 6.45) is 3.73. The standard InChI is InChI=1S/C24H31F3N6O2/c1-15(34)31-9-6-30(7-10-31)8-11-32-18-3-4-19(32)14-17(13-18)28-23(35)22-20-12-16(25)2-5-21(20)33(29-22)24(26)27/h2,5,12,17-19,24H,3-4,6-11,13-14H2,1H3,(H,28,35)/t17?,18-,19+. The van der Waals surface area contributed by atoms with Crippen molar-refractivity contribution in [3.05, 3.63) is 29.7 Å². The third kappa shape index (κ3) is 4.88. The van der Waals surface area contributed by atoms with Crippen molar-refractivity contribution >= 4 is 22.7 Å². The minimum absolute atomic E-state index is 0.0329. The van der Waals surface area contributed by atoms with E-state index in [9.17, 15) is 22.8 Å². The first-order valence-electron chi connectivity index (χ1n) is 12.3. The van der Waals surface area contributed by atoms with Gasteiger partial charge in [-0.1, -0.05) is 0 Å². The lowest BCUT2D eigenvalue weighted by molar-refractivity contribution is -0.130. The molecule has 1 aromatic carbocycles. The third-order valence-corrected chi connectivity index (χ3v) is 7.78. The number of carbonyl (C=O) groups excluding carboxylic acids is 2. The van der Waals surface area contributed by atoms with E-state index in [1.165, 1.54) is 6.07 Å². The highest BCUT2D eigenvalue weighted by atomic mass is 19.3. The quantitative estimate of drug-likeness (QED) is 0.671. The molecular weight excluding hydrogens is 461 g/mol. The van der Waals surface area contributed by atoms with Crippen LogP contribution in [0.25, 0.3) is 10.9 Å². The summed E-state index contributed by atoms with van der Waals surface area (Å²) in [5.74, 6) is -1.01. The van der Waals surface area contributed by atoms with E-state index in [2.05, 4.69) is 20.2 Å². The van der Waals surface area contributed by atoms with Crippen molar-refractivity contribution in [3.63, 3.8) is 0 Å². The molecule has 8 nitrogen and oxygen atoms in total. The number of hydrogen-bond acceptors (Lipinski definition) is 5. The Kier molecular flexibility index (Phi) is 6.71. The Morgan fingerprint density at radius 2 is 1.77 bits per heavy atom. The van der Waals surface area contributed by atoms with Crippen LogP contribution in [0.3, 0.4) is 0 Å². The summed E-state index contributed by atoms with van der Waals surface area (Å²) in [6.45, 7) is 3.93. The number of carbonyl (C=O) groups is 2. The molecule has 0 aliphatic carbocycles. The normalized spacial score (nSPS) is 25.5. The Morgan fingerprint density at radius 1 is 1.09 bits per heavy atom. The van der Waals surface area contributed by atoms with Gasteiger partial charge in [-0.2, -0.15) is 13.9 Å². The van der Waals surface area contributed by atoms with Crippen LogP contribution >= 0.6 is 0 Å². The maximum atomic E-state index is 13.8. The number of aromatic nitrogens is 2. The fraction of sp³-hybridized carbons (Fsp3) is 0.625. The molecule has 3 aliphatic rings. The van der Waals surface area contributed by atoms with Gasteiger partial charge in [0.2, 0.25) is 5.91 Å². The molecule has 1 unspecified atom stereocenters. The van der Waals surface area contributed by atoms with Gasteiger partial charge < -0.3 is 10.2 Å². The SMILES string of the molecule is CC(=O)N1CCN(CCN2[C@@H]3CC[C@H]2CC(NC(=O)c2nn(C(F)F)c4ccc(F)cc24)C3)CC1. The van der Waals surface area contributed by atoms with E-state index in [4.69, 9.17) is 0 Å². The third-order valence-electron chi connectivity index (χ3n) is 7.78. The van der Waals surface area contributed by atoms with Gasteiger partial charge in [-0.3, -0.25) is 19.4 Å². The molecule has 1 aromatic heterocycles. The molecule has 3 fully saturated rings. The number of piperidine rings is 1. The highest BCUT2D eigenvalue weighted by Crippen LogP contribution is 2.36. The van der Waals surface area contributed by atoms with E-state index < -0.39 is 18.3 Å². The van der Waals surface area contributed by atoms with Gasteiger partial charge in [0, 0.05) is 69.7 Å². The van der Waals surface area contributed by atoms with E-state index in [-0.39, 0.29) is 28.5 Å². The zero-order chi connectivity index (χ0) is 24.7. The number of fused-ring (bicyclic) bond motifs is 3. The van der Waals surface area contributed by atoms with E-state index in [1.54, 1.807) is 6.92 Å². The summed E-state index contributed by atoms with van der Waals surface area (Å²) >= 11 is 0. The molecule has 0 spiro atoms. The van der Waals surface area contributed by atoms with E-state index in [0.29, 0.717) is 16.8 Å². The molecule has 3 atom stereocenters. The maximum Gasteiger partial charge on any atom is 0.333 e. The van der Waals surface area contributed by atoms with Crippen LogP contribution in [0.15, 0.2) is 18.2 Å². The van der Waals surface area contributed by atoms with Crippen molar-refractivity contribution in [3.8, 4) is 0 Å². The van der Waals surface area contributed by atoms with Crippen LogP contribution in [-0.4, -0.2) is 93.7 Å². The molecule has 2 aromatic rings. The summed E-state index contributed by atoms with van der Waals surface area (Å²) in [5, 5.41) is 6.88. The number of rotatable bonds is 6. The van der Waals surface area contributed by atoms with Gasteiger partial charge in [0.05, 0.1) is 5.52 Å². The zero-order valence-electron chi connectivity index (χ0n) is 19.8. The molecule has 2 amide bonds. The lowest BCUT2D eigenvalue weighted by atomic mass is 9.97. The average Bonchev–Trinajstić information content (AvgIpc) is 3.32. The number of halogens is 3. The number of hydrogen-bond donors (Lipinski definition) is 1. The summed E-state index contributed by atoms with van der Waals surface area (Å²) in [7, 11) is 0. The number of alkyl halides is 2. The van der Waals surface area contributed by atoms with Crippen molar-refractivity contribution in [1.29, 1.82) is 0 Å². The molecule has 0 radical (unpaired) electrons. The second kappa shape index (κ2) is 9.77. The van der Waals surface area contributed by atoms with Gasteiger partial charge in [-0.05, 0) is 43.9 Å². The molecule has 5 rings (SSSR count). The number of nitrogens with one attached hydrogen (secondary N) is 1. The first kappa shape index (κ1) is 24.1. The van der Waals surface area contributed by atoms with Crippen molar-refractivity contribution < 1.29 is 22.8 Å². The van der Waals surface area contributed by atoms with Crippen LogP contribution in [0.1, 0.15) is 49.6 Å². The Bertz CT molecular complexity index is 1090. The minimum Gasteiger partial charge on any atom is -0.348 e. The van der Waals surface area contributed by atoms with Gasteiger partial charge in [-0.25, -0.2) is 9.07 Å². The van der Waals surface area contributed by atoms with Crippen LogP contribution in [0.4, 0.5) is 13.2 Å². The number of amides is 2. The van der Waals surface area contributed by atoms with Gasteiger partial charge in [0.25, 0.3) is 5.91 Å².